The van der Waals surface area contributed by atoms with Crippen molar-refractivity contribution in [1.82, 2.24) is 9.29 Å². The summed E-state index contributed by atoms with van der Waals surface area (Å²) in [5, 5.41) is -0.0168. The average Bonchev–Trinajstić information content (AvgIpc) is 2.32. The number of sulfonamides is 1. The van der Waals surface area contributed by atoms with Gasteiger partial charge in [-0.15, -0.1) is 0 Å². The van der Waals surface area contributed by atoms with Crippen LogP contribution in [-0.2, 0) is 14.8 Å². The first-order valence-electron chi connectivity index (χ1n) is 5.33. The Hall–Kier alpha value is -0.210. The average molecular weight is 356 g/mol. The number of nitrogens with zero attached hydrogens (tertiary/aromatic N) is 2. The highest BCUT2D eigenvalue weighted by Gasteiger charge is 2.33. The molecule has 1 saturated heterocycles. The highest BCUT2D eigenvalue weighted by Crippen LogP contribution is 2.27. The highest BCUT2D eigenvalue weighted by molar-refractivity contribution is 9.10. The quantitative estimate of drug-likeness (QED) is 0.760. The third kappa shape index (κ3) is 2.70. The zero-order valence-corrected chi connectivity index (χ0v) is 12.8. The smallest absolute Gasteiger partial charge is 0.246 e. The molecule has 1 unspecified atom stereocenters. The van der Waals surface area contributed by atoms with Crippen molar-refractivity contribution in [2.24, 2.45) is 0 Å². The van der Waals surface area contributed by atoms with E-state index in [2.05, 4.69) is 20.9 Å². The van der Waals surface area contributed by atoms with Crippen LogP contribution in [0.2, 0.25) is 5.15 Å². The summed E-state index contributed by atoms with van der Waals surface area (Å²) < 4.78 is 32.2. The second kappa shape index (κ2) is 5.42. The van der Waals surface area contributed by atoms with Gasteiger partial charge < -0.3 is 4.74 Å². The fourth-order valence-corrected chi connectivity index (χ4v) is 4.30. The van der Waals surface area contributed by atoms with Gasteiger partial charge in [0.05, 0.1) is 13.2 Å². The molecule has 1 aromatic heterocycles. The van der Waals surface area contributed by atoms with Crippen LogP contribution < -0.4 is 0 Å². The molecule has 0 N–H and O–H groups in total. The van der Waals surface area contributed by atoms with Gasteiger partial charge in [-0.2, -0.15) is 4.31 Å². The van der Waals surface area contributed by atoms with Gasteiger partial charge in [0.25, 0.3) is 0 Å². The van der Waals surface area contributed by atoms with Crippen molar-refractivity contribution in [2.75, 3.05) is 19.8 Å². The first-order valence-corrected chi connectivity index (χ1v) is 7.94. The fourth-order valence-electron chi connectivity index (χ4n) is 1.78. The van der Waals surface area contributed by atoms with Crippen molar-refractivity contribution >= 4 is 37.6 Å². The van der Waals surface area contributed by atoms with E-state index in [-0.39, 0.29) is 16.1 Å². The predicted octanol–water partition coefficient (Wildman–Crippen LogP) is 1.91. The summed E-state index contributed by atoms with van der Waals surface area (Å²) in [7, 11) is -3.64. The standard InChI is InChI=1S/C10H12BrClN2O3S/c1-7-6-17-3-2-14(7)18(15,16)9-4-8(11)5-13-10(9)12/h4-5,7H,2-3,6H2,1H3. The fraction of sp³-hybridized carbons (Fsp3) is 0.500. The van der Waals surface area contributed by atoms with Gasteiger partial charge in [0.1, 0.15) is 10.0 Å². The Balaban J connectivity index is 2.44. The molecule has 1 fully saturated rings. The molecule has 100 valence electrons. The van der Waals surface area contributed by atoms with Crippen LogP contribution in [0.4, 0.5) is 0 Å². The molecule has 8 heteroatoms. The van der Waals surface area contributed by atoms with Crippen molar-refractivity contribution in [3.05, 3.63) is 21.9 Å². The van der Waals surface area contributed by atoms with Crippen LogP contribution >= 0.6 is 27.5 Å². The normalized spacial score (nSPS) is 22.1. The third-order valence-corrected chi connectivity index (χ3v) is 5.54. The summed E-state index contributed by atoms with van der Waals surface area (Å²) in [6, 6.07) is 1.26. The molecule has 0 spiro atoms. The van der Waals surface area contributed by atoms with Crippen LogP contribution in [-0.4, -0.2) is 43.5 Å². The number of hydrogen-bond acceptors (Lipinski definition) is 4. The zero-order chi connectivity index (χ0) is 13.3. The van der Waals surface area contributed by atoms with E-state index in [0.717, 1.165) is 0 Å². The molecule has 1 atom stereocenters. The molecule has 0 aromatic carbocycles. The van der Waals surface area contributed by atoms with Crippen molar-refractivity contribution in [3.63, 3.8) is 0 Å². The minimum atomic E-state index is -3.64. The Morgan fingerprint density at radius 1 is 1.61 bits per heavy atom. The Labute approximate surface area is 119 Å². The molecule has 1 aliphatic heterocycles. The van der Waals surface area contributed by atoms with Gasteiger partial charge in [-0.05, 0) is 28.9 Å². The molecule has 0 saturated carbocycles. The summed E-state index contributed by atoms with van der Waals surface area (Å²) >= 11 is 9.08. The highest BCUT2D eigenvalue weighted by atomic mass is 79.9. The number of hydrogen-bond donors (Lipinski definition) is 0. The van der Waals surface area contributed by atoms with E-state index in [1.54, 1.807) is 6.92 Å². The van der Waals surface area contributed by atoms with Crippen molar-refractivity contribution in [1.29, 1.82) is 0 Å². The summed E-state index contributed by atoms with van der Waals surface area (Å²) in [4.78, 5) is 3.87. The summed E-state index contributed by atoms with van der Waals surface area (Å²) in [6.45, 7) is 2.91. The Kier molecular flexibility index (Phi) is 4.28. The monoisotopic (exact) mass is 354 g/mol. The van der Waals surface area contributed by atoms with Gasteiger partial charge in [0.15, 0.2) is 0 Å². The topological polar surface area (TPSA) is 59.5 Å². The van der Waals surface area contributed by atoms with E-state index in [4.69, 9.17) is 16.3 Å². The third-order valence-electron chi connectivity index (χ3n) is 2.67. The Morgan fingerprint density at radius 2 is 2.33 bits per heavy atom. The Morgan fingerprint density at radius 3 is 3.00 bits per heavy atom. The van der Waals surface area contributed by atoms with Gasteiger partial charge in [-0.25, -0.2) is 13.4 Å². The van der Waals surface area contributed by atoms with E-state index in [0.29, 0.717) is 24.2 Å². The summed E-state index contributed by atoms with van der Waals surface area (Å²) in [5.74, 6) is 0. The van der Waals surface area contributed by atoms with E-state index in [1.807, 2.05) is 0 Å². The van der Waals surface area contributed by atoms with Crippen LogP contribution in [0.15, 0.2) is 21.6 Å². The summed E-state index contributed by atoms with van der Waals surface area (Å²) in [5.41, 5.74) is 0. The Bertz CT molecular complexity index is 552. The lowest BCUT2D eigenvalue weighted by molar-refractivity contribution is 0.0392. The molecule has 0 radical (unpaired) electrons. The van der Waals surface area contributed by atoms with Crippen LogP contribution in [0, 0.1) is 0 Å². The summed E-state index contributed by atoms with van der Waals surface area (Å²) in [6.07, 6.45) is 1.46. The van der Waals surface area contributed by atoms with E-state index >= 15 is 0 Å². The molecule has 1 aliphatic rings. The van der Waals surface area contributed by atoms with Crippen LogP contribution in [0.3, 0.4) is 0 Å². The lowest BCUT2D eigenvalue weighted by atomic mass is 10.3. The second-order valence-corrected chi connectivity index (χ2v) is 7.11. The molecule has 18 heavy (non-hydrogen) atoms. The molecule has 0 aliphatic carbocycles. The molecular weight excluding hydrogens is 344 g/mol. The van der Waals surface area contributed by atoms with E-state index in [9.17, 15) is 8.42 Å². The molecule has 5 nitrogen and oxygen atoms in total. The van der Waals surface area contributed by atoms with Crippen LogP contribution in [0.1, 0.15) is 6.92 Å². The maximum absolute atomic E-state index is 12.5. The number of aromatic nitrogens is 1. The van der Waals surface area contributed by atoms with Gasteiger partial charge in [0, 0.05) is 23.3 Å². The van der Waals surface area contributed by atoms with Crippen molar-refractivity contribution in [3.8, 4) is 0 Å². The zero-order valence-electron chi connectivity index (χ0n) is 9.64. The largest absolute Gasteiger partial charge is 0.378 e. The number of pyridine rings is 1. The first-order chi connectivity index (χ1) is 8.43. The number of halogens is 2. The van der Waals surface area contributed by atoms with Gasteiger partial charge in [0.2, 0.25) is 10.0 Å². The van der Waals surface area contributed by atoms with Gasteiger partial charge >= 0.3 is 0 Å². The number of rotatable bonds is 2. The van der Waals surface area contributed by atoms with Crippen LogP contribution in [0.25, 0.3) is 0 Å². The number of ether oxygens (including phenoxy) is 1. The lowest BCUT2D eigenvalue weighted by Gasteiger charge is -2.32. The minimum absolute atomic E-state index is 0.0168. The van der Waals surface area contributed by atoms with Crippen molar-refractivity contribution in [2.45, 2.75) is 17.9 Å². The molecule has 1 aromatic rings. The first kappa shape index (κ1) is 14.2. The predicted molar refractivity (Wildman–Crippen MR) is 71.1 cm³/mol. The van der Waals surface area contributed by atoms with E-state index in [1.165, 1.54) is 16.6 Å². The second-order valence-electron chi connectivity index (χ2n) is 3.98. The number of morpholine rings is 1. The molecule has 2 heterocycles. The minimum Gasteiger partial charge on any atom is -0.378 e. The van der Waals surface area contributed by atoms with Gasteiger partial charge in [-0.1, -0.05) is 11.6 Å². The van der Waals surface area contributed by atoms with E-state index < -0.39 is 10.0 Å². The van der Waals surface area contributed by atoms with Crippen molar-refractivity contribution < 1.29 is 13.2 Å². The van der Waals surface area contributed by atoms with Gasteiger partial charge in [-0.3, -0.25) is 0 Å². The molecule has 0 bridgehead atoms. The molecule has 0 amide bonds. The maximum Gasteiger partial charge on any atom is 0.246 e. The van der Waals surface area contributed by atoms with Crippen LogP contribution in [0.5, 0.6) is 0 Å². The lowest BCUT2D eigenvalue weighted by Crippen LogP contribution is -2.47. The maximum atomic E-state index is 12.5. The molecule has 2 rings (SSSR count). The molecular formula is C10H12BrClN2O3S. The SMILES string of the molecule is CC1COCCN1S(=O)(=O)c1cc(Br)cnc1Cl.